The first-order valence-corrected chi connectivity index (χ1v) is 17.6. The van der Waals surface area contributed by atoms with E-state index in [-0.39, 0.29) is 35.9 Å². The largest absolute Gasteiger partial charge is 0.508 e. The first-order valence-electron chi connectivity index (χ1n) is 15.9. The van der Waals surface area contributed by atoms with Crippen molar-refractivity contribution in [2.75, 3.05) is 26.2 Å². The van der Waals surface area contributed by atoms with E-state index in [9.17, 15) is 28.2 Å². The van der Waals surface area contributed by atoms with Gasteiger partial charge in [-0.2, -0.15) is 0 Å². The molecule has 2 unspecified atom stereocenters. The fourth-order valence-corrected chi connectivity index (χ4v) is 6.50. The Labute approximate surface area is 278 Å². The molecule has 3 aromatic carbocycles. The van der Waals surface area contributed by atoms with Crippen LogP contribution in [-0.2, 0) is 22.2 Å². The molecule has 0 radical (unpaired) electrons. The van der Waals surface area contributed by atoms with Gasteiger partial charge in [0, 0.05) is 42.9 Å². The number of sulfonamides is 1. The third kappa shape index (κ3) is 11.8. The van der Waals surface area contributed by atoms with Crippen LogP contribution < -0.4 is 10.1 Å². The van der Waals surface area contributed by atoms with Gasteiger partial charge in [-0.1, -0.05) is 69.2 Å². The molecule has 3 aromatic rings. The van der Waals surface area contributed by atoms with E-state index in [2.05, 4.69) is 16.1 Å². The van der Waals surface area contributed by atoms with Gasteiger partial charge >= 0.3 is 0 Å². The fourth-order valence-electron chi connectivity index (χ4n) is 5.24. The molecule has 3 rings (SSSR count). The van der Waals surface area contributed by atoms with E-state index in [0.717, 1.165) is 18.4 Å². The van der Waals surface area contributed by atoms with Crippen LogP contribution in [0.4, 0.5) is 0 Å². The van der Waals surface area contributed by atoms with E-state index in [1.54, 1.807) is 53.4 Å². The number of benzene rings is 3. The molecule has 0 aliphatic heterocycles. The normalized spacial score (nSPS) is 12.7. The van der Waals surface area contributed by atoms with Crippen molar-refractivity contribution in [1.82, 2.24) is 20.1 Å². The summed E-state index contributed by atoms with van der Waals surface area (Å²) in [6.45, 7) is 7.19. The molecular weight excluding hydrogens is 616 g/mol. The SMILES string of the molecule is C#Cc1cc(C(=O)NC(Cc2ccc(O)cc2)C(O)CN(CCC)NS(=O)(=O)Cc2ccccc2)cc(C(=O)N(CCC)CCC)c1. The minimum absolute atomic E-state index is 0.0697. The molecule has 0 aliphatic rings. The predicted molar refractivity (Wildman–Crippen MR) is 184 cm³/mol. The average molecular weight is 663 g/mol. The van der Waals surface area contributed by atoms with Gasteiger partial charge in [0.1, 0.15) is 5.75 Å². The van der Waals surface area contributed by atoms with Gasteiger partial charge < -0.3 is 20.4 Å². The summed E-state index contributed by atoms with van der Waals surface area (Å²) in [4.78, 5) is 31.4. The van der Waals surface area contributed by atoms with Crippen molar-refractivity contribution in [2.45, 2.75) is 64.4 Å². The number of hydrogen-bond acceptors (Lipinski definition) is 7. The number of phenols is 1. The number of phenolic OH excluding ortho intramolecular Hbond substituents is 1. The summed E-state index contributed by atoms with van der Waals surface area (Å²) in [5, 5.41) is 25.6. The number of nitrogens with one attached hydrogen (secondary N) is 2. The van der Waals surface area contributed by atoms with Crippen LogP contribution in [0, 0.1) is 12.3 Å². The van der Waals surface area contributed by atoms with Crippen LogP contribution in [0.1, 0.15) is 77.4 Å². The van der Waals surface area contributed by atoms with Gasteiger partial charge in [0.15, 0.2) is 0 Å². The number of hydrazine groups is 1. The highest BCUT2D eigenvalue weighted by molar-refractivity contribution is 7.88. The number of terminal acetylenes is 1. The predicted octanol–water partition coefficient (Wildman–Crippen LogP) is 4.08. The summed E-state index contributed by atoms with van der Waals surface area (Å²) in [5.41, 5.74) is 2.17. The standard InChI is InChI=1S/C36H46N4O6S/c1-5-18-39(19-6-2)36(44)31-22-27(8-4)21-30(24-31)35(43)37-33(23-28-14-16-32(41)17-15-28)34(42)25-40(20-7-3)38-47(45,46)26-29-12-10-9-11-13-29/h4,9-17,21-22,24,33-34,38,41-42H,5-7,18-20,23,25-26H2,1-3H3,(H,37,43). The second-order valence-electron chi connectivity index (χ2n) is 11.5. The van der Waals surface area contributed by atoms with Crippen LogP contribution in [0.3, 0.4) is 0 Å². The molecule has 10 nitrogen and oxygen atoms in total. The summed E-state index contributed by atoms with van der Waals surface area (Å²) in [5.74, 6) is 1.58. The van der Waals surface area contributed by atoms with Gasteiger partial charge in [0.2, 0.25) is 10.0 Å². The molecule has 0 saturated heterocycles. The topological polar surface area (TPSA) is 139 Å². The third-order valence-corrected chi connectivity index (χ3v) is 8.67. The molecule has 0 aliphatic carbocycles. The smallest absolute Gasteiger partial charge is 0.253 e. The number of aromatic hydroxyl groups is 1. The molecule has 0 saturated carbocycles. The lowest BCUT2D eigenvalue weighted by Gasteiger charge is -2.30. The molecule has 11 heteroatoms. The average Bonchev–Trinajstić information content (AvgIpc) is 3.04. The zero-order valence-electron chi connectivity index (χ0n) is 27.4. The number of hydrogen-bond donors (Lipinski definition) is 4. The maximum absolute atomic E-state index is 13.7. The van der Waals surface area contributed by atoms with Crippen molar-refractivity contribution in [3.63, 3.8) is 0 Å². The molecule has 0 aromatic heterocycles. The number of carbonyl (C=O) groups is 2. The van der Waals surface area contributed by atoms with Gasteiger partial charge in [-0.25, -0.2) is 13.4 Å². The molecule has 0 bridgehead atoms. The van der Waals surface area contributed by atoms with E-state index in [4.69, 9.17) is 6.42 Å². The summed E-state index contributed by atoms with van der Waals surface area (Å²) < 4.78 is 26.0. The van der Waals surface area contributed by atoms with Gasteiger partial charge in [-0.3, -0.25) is 9.59 Å². The van der Waals surface area contributed by atoms with E-state index < -0.39 is 28.1 Å². The van der Waals surface area contributed by atoms with Crippen molar-refractivity contribution >= 4 is 21.8 Å². The minimum Gasteiger partial charge on any atom is -0.508 e. The van der Waals surface area contributed by atoms with Gasteiger partial charge in [-0.05, 0) is 67.1 Å². The van der Waals surface area contributed by atoms with E-state index >= 15 is 0 Å². The Morgan fingerprint density at radius 3 is 2.09 bits per heavy atom. The molecule has 4 N–H and O–H groups in total. The Bertz CT molecular complexity index is 1600. The quantitative estimate of drug-likeness (QED) is 0.119. The number of amides is 2. The summed E-state index contributed by atoms with van der Waals surface area (Å²) in [6.07, 6.45) is 6.80. The Hall–Kier alpha value is -4.21. The summed E-state index contributed by atoms with van der Waals surface area (Å²) in [6, 6.07) is 18.9. The zero-order chi connectivity index (χ0) is 34.4. The zero-order valence-corrected chi connectivity index (χ0v) is 28.2. The highest BCUT2D eigenvalue weighted by Gasteiger charge is 2.27. The second-order valence-corrected chi connectivity index (χ2v) is 13.2. The van der Waals surface area contributed by atoms with Gasteiger partial charge in [0.05, 0.1) is 17.9 Å². The summed E-state index contributed by atoms with van der Waals surface area (Å²) in [7, 11) is -3.80. The van der Waals surface area contributed by atoms with Crippen LogP contribution in [-0.4, -0.2) is 78.7 Å². The van der Waals surface area contributed by atoms with E-state index in [1.807, 2.05) is 20.8 Å². The maximum atomic E-state index is 13.7. The van der Waals surface area contributed by atoms with Gasteiger partial charge in [-0.15, -0.1) is 11.3 Å². The van der Waals surface area contributed by atoms with Crippen LogP contribution in [0.2, 0.25) is 0 Å². The van der Waals surface area contributed by atoms with Crippen LogP contribution in [0.5, 0.6) is 5.75 Å². The molecule has 0 heterocycles. The van der Waals surface area contributed by atoms with Crippen LogP contribution in [0.15, 0.2) is 72.8 Å². The molecule has 252 valence electrons. The number of rotatable bonds is 18. The molecule has 0 spiro atoms. The highest BCUT2D eigenvalue weighted by atomic mass is 32.2. The van der Waals surface area contributed by atoms with E-state index in [1.165, 1.54) is 29.3 Å². The Kier molecular flexibility index (Phi) is 14.4. The Morgan fingerprint density at radius 2 is 1.49 bits per heavy atom. The molecule has 2 amide bonds. The van der Waals surface area contributed by atoms with Crippen molar-refractivity contribution in [3.05, 3.63) is 101 Å². The van der Waals surface area contributed by atoms with Crippen molar-refractivity contribution in [1.29, 1.82) is 0 Å². The van der Waals surface area contributed by atoms with Crippen LogP contribution >= 0.6 is 0 Å². The maximum Gasteiger partial charge on any atom is 0.253 e. The van der Waals surface area contributed by atoms with Crippen molar-refractivity contribution < 1.29 is 28.2 Å². The lowest BCUT2D eigenvalue weighted by atomic mass is 9.99. The monoisotopic (exact) mass is 662 g/mol. The second kappa shape index (κ2) is 18.2. The van der Waals surface area contributed by atoms with E-state index in [0.29, 0.717) is 42.7 Å². The molecular formula is C36H46N4O6S. The van der Waals surface area contributed by atoms with Crippen LogP contribution in [0.25, 0.3) is 0 Å². The van der Waals surface area contributed by atoms with Crippen molar-refractivity contribution in [2.24, 2.45) is 0 Å². The number of carbonyl (C=O) groups excluding carboxylic acids is 2. The third-order valence-electron chi connectivity index (χ3n) is 7.42. The number of nitrogens with zero attached hydrogens (tertiary/aromatic N) is 2. The van der Waals surface area contributed by atoms with Gasteiger partial charge in [0.25, 0.3) is 11.8 Å². The lowest BCUT2D eigenvalue weighted by Crippen LogP contribution is -2.53. The number of aliphatic hydroxyl groups excluding tert-OH is 1. The highest BCUT2D eigenvalue weighted by Crippen LogP contribution is 2.17. The lowest BCUT2D eigenvalue weighted by molar-refractivity contribution is 0.0618. The molecule has 2 atom stereocenters. The fraction of sp³-hybridized carbons (Fsp3) is 0.389. The minimum atomic E-state index is -3.80. The summed E-state index contributed by atoms with van der Waals surface area (Å²) >= 11 is 0. The van der Waals surface area contributed by atoms with Crippen molar-refractivity contribution in [3.8, 4) is 18.1 Å². The molecule has 0 fully saturated rings. The first-order chi connectivity index (χ1) is 22.5. The Balaban J connectivity index is 1.88. The molecule has 47 heavy (non-hydrogen) atoms. The Morgan fingerprint density at radius 1 is 0.872 bits per heavy atom. The number of aliphatic hydroxyl groups is 1. The first kappa shape index (κ1) is 37.2.